The van der Waals surface area contributed by atoms with Crippen LogP contribution in [0.4, 0.5) is 0 Å². The number of nitrogens with zero attached hydrogens (tertiary/aromatic N) is 3. The topological polar surface area (TPSA) is 68.2 Å². The van der Waals surface area contributed by atoms with Gasteiger partial charge >= 0.3 is 0 Å². The molecule has 2 unspecified atom stereocenters. The molecule has 5 heteroatoms. The summed E-state index contributed by atoms with van der Waals surface area (Å²) >= 11 is 0. The van der Waals surface area contributed by atoms with E-state index < -0.39 is 0 Å². The number of benzene rings is 1. The van der Waals surface area contributed by atoms with Crippen LogP contribution in [-0.4, -0.2) is 33.7 Å². The van der Waals surface area contributed by atoms with Crippen molar-refractivity contribution in [1.82, 2.24) is 15.1 Å². The minimum atomic E-state index is 0.321. The van der Waals surface area contributed by atoms with Crippen LogP contribution in [0.15, 0.2) is 28.7 Å². The Kier molecular flexibility index (Phi) is 4.03. The van der Waals surface area contributed by atoms with Gasteiger partial charge in [0.05, 0.1) is 6.54 Å². The van der Waals surface area contributed by atoms with E-state index in [1.54, 1.807) is 0 Å². The molecule has 0 spiro atoms. The van der Waals surface area contributed by atoms with Crippen LogP contribution in [0.1, 0.15) is 31.2 Å². The first-order chi connectivity index (χ1) is 10.1. The van der Waals surface area contributed by atoms with Crippen molar-refractivity contribution in [3.8, 4) is 11.5 Å². The summed E-state index contributed by atoms with van der Waals surface area (Å²) in [5.41, 5.74) is 8.18. The van der Waals surface area contributed by atoms with Crippen LogP contribution < -0.4 is 5.73 Å². The minimum Gasteiger partial charge on any atom is -0.419 e. The van der Waals surface area contributed by atoms with Crippen LogP contribution >= 0.6 is 0 Å². The van der Waals surface area contributed by atoms with E-state index in [2.05, 4.69) is 28.9 Å². The molecule has 112 valence electrons. The number of hydrogen-bond donors (Lipinski definition) is 1. The molecule has 2 aromatic rings. The maximum atomic E-state index is 5.99. The molecule has 1 aliphatic rings. The van der Waals surface area contributed by atoms with Crippen molar-refractivity contribution < 1.29 is 4.42 Å². The highest BCUT2D eigenvalue weighted by Gasteiger charge is 2.24. The Labute approximate surface area is 125 Å². The van der Waals surface area contributed by atoms with Gasteiger partial charge in [0.15, 0.2) is 0 Å². The molecule has 1 aromatic heterocycles. The van der Waals surface area contributed by atoms with Crippen LogP contribution in [0.25, 0.3) is 11.5 Å². The zero-order valence-electron chi connectivity index (χ0n) is 12.6. The predicted octanol–water partition coefficient (Wildman–Crippen LogP) is 2.36. The second-order valence-electron chi connectivity index (χ2n) is 5.97. The first kappa shape index (κ1) is 14.2. The van der Waals surface area contributed by atoms with E-state index in [1.807, 2.05) is 24.3 Å². The van der Waals surface area contributed by atoms with E-state index >= 15 is 0 Å². The summed E-state index contributed by atoms with van der Waals surface area (Å²) < 4.78 is 5.79. The van der Waals surface area contributed by atoms with E-state index in [0.29, 0.717) is 30.4 Å². The number of rotatable bonds is 3. The lowest BCUT2D eigenvalue weighted by Gasteiger charge is -2.35. The second-order valence-corrected chi connectivity index (χ2v) is 5.97. The average molecular weight is 286 g/mol. The third-order valence-corrected chi connectivity index (χ3v) is 4.16. The Morgan fingerprint density at radius 1 is 1.29 bits per heavy atom. The van der Waals surface area contributed by atoms with Crippen molar-refractivity contribution in [1.29, 1.82) is 0 Å². The highest BCUT2D eigenvalue weighted by Crippen LogP contribution is 2.21. The van der Waals surface area contributed by atoms with E-state index in [0.717, 1.165) is 24.9 Å². The smallest absolute Gasteiger partial charge is 0.247 e. The average Bonchev–Trinajstić information content (AvgIpc) is 2.91. The maximum Gasteiger partial charge on any atom is 0.247 e. The molecule has 5 nitrogen and oxygen atoms in total. The highest BCUT2D eigenvalue weighted by atomic mass is 16.4. The Morgan fingerprint density at radius 2 is 2.05 bits per heavy atom. The maximum absolute atomic E-state index is 5.99. The zero-order valence-corrected chi connectivity index (χ0v) is 12.6. The molecular formula is C16H22N4O. The third-order valence-electron chi connectivity index (χ3n) is 4.16. The monoisotopic (exact) mass is 286 g/mol. The third kappa shape index (κ3) is 3.31. The molecule has 2 atom stereocenters. The number of likely N-dealkylation sites (tertiary alicyclic amines) is 1. The van der Waals surface area contributed by atoms with Crippen LogP contribution in [0, 0.1) is 6.92 Å². The molecule has 1 aliphatic heterocycles. The quantitative estimate of drug-likeness (QED) is 0.938. The second kappa shape index (κ2) is 5.95. The van der Waals surface area contributed by atoms with Gasteiger partial charge in [0.25, 0.3) is 0 Å². The summed E-state index contributed by atoms with van der Waals surface area (Å²) in [5, 5.41) is 8.33. The summed E-state index contributed by atoms with van der Waals surface area (Å²) in [5.74, 6) is 1.26. The molecule has 2 N–H and O–H groups in total. The van der Waals surface area contributed by atoms with Crippen LogP contribution in [0.5, 0.6) is 0 Å². The van der Waals surface area contributed by atoms with E-state index in [1.165, 1.54) is 5.56 Å². The molecular weight excluding hydrogens is 264 g/mol. The highest BCUT2D eigenvalue weighted by molar-refractivity contribution is 5.52. The van der Waals surface area contributed by atoms with Gasteiger partial charge in [-0.3, -0.25) is 4.90 Å². The molecule has 1 aromatic carbocycles. The molecule has 2 heterocycles. The Hall–Kier alpha value is -1.72. The number of aryl methyl sites for hydroxylation is 1. The van der Waals surface area contributed by atoms with Gasteiger partial charge in [-0.2, -0.15) is 0 Å². The van der Waals surface area contributed by atoms with Gasteiger partial charge < -0.3 is 10.2 Å². The van der Waals surface area contributed by atoms with Crippen molar-refractivity contribution in [2.45, 2.75) is 45.3 Å². The van der Waals surface area contributed by atoms with Gasteiger partial charge in [0, 0.05) is 24.2 Å². The molecule has 3 rings (SSSR count). The molecule has 21 heavy (non-hydrogen) atoms. The SMILES string of the molecule is Cc1ccc(-c2nnc(CN3CCC(N)CC3C)o2)cc1. The fraction of sp³-hybridized carbons (Fsp3) is 0.500. The van der Waals surface area contributed by atoms with Crippen LogP contribution in [0.2, 0.25) is 0 Å². The van der Waals surface area contributed by atoms with Gasteiger partial charge in [-0.15, -0.1) is 10.2 Å². The molecule has 0 bridgehead atoms. The fourth-order valence-electron chi connectivity index (χ4n) is 2.80. The Bertz CT molecular complexity index is 593. The number of hydrogen-bond acceptors (Lipinski definition) is 5. The lowest BCUT2D eigenvalue weighted by atomic mass is 9.99. The molecule has 0 aliphatic carbocycles. The van der Waals surface area contributed by atoms with E-state index in [4.69, 9.17) is 10.2 Å². The lowest BCUT2D eigenvalue weighted by molar-refractivity contribution is 0.128. The number of piperidine rings is 1. The molecule has 0 saturated carbocycles. The predicted molar refractivity (Wildman–Crippen MR) is 81.6 cm³/mol. The summed E-state index contributed by atoms with van der Waals surface area (Å²) in [6.45, 7) is 5.96. The minimum absolute atomic E-state index is 0.321. The van der Waals surface area contributed by atoms with Gasteiger partial charge in [-0.05, 0) is 38.8 Å². The van der Waals surface area contributed by atoms with E-state index in [-0.39, 0.29) is 0 Å². The van der Waals surface area contributed by atoms with Gasteiger partial charge in [-0.25, -0.2) is 0 Å². The fourth-order valence-corrected chi connectivity index (χ4v) is 2.80. The molecule has 0 amide bonds. The molecule has 1 fully saturated rings. The summed E-state index contributed by atoms with van der Waals surface area (Å²) in [7, 11) is 0. The zero-order chi connectivity index (χ0) is 14.8. The summed E-state index contributed by atoms with van der Waals surface area (Å²) in [4.78, 5) is 2.36. The number of aromatic nitrogens is 2. The molecule has 1 saturated heterocycles. The van der Waals surface area contributed by atoms with Crippen molar-refractivity contribution in [2.75, 3.05) is 6.54 Å². The lowest BCUT2D eigenvalue weighted by Crippen LogP contribution is -2.45. The Balaban J connectivity index is 1.69. The van der Waals surface area contributed by atoms with Crippen molar-refractivity contribution in [2.24, 2.45) is 5.73 Å². The first-order valence-electron chi connectivity index (χ1n) is 7.51. The van der Waals surface area contributed by atoms with Gasteiger partial charge in [0.1, 0.15) is 0 Å². The van der Waals surface area contributed by atoms with Crippen molar-refractivity contribution >= 4 is 0 Å². The number of nitrogens with two attached hydrogens (primary N) is 1. The van der Waals surface area contributed by atoms with Crippen LogP contribution in [-0.2, 0) is 6.54 Å². The van der Waals surface area contributed by atoms with Gasteiger partial charge in [-0.1, -0.05) is 17.7 Å². The largest absolute Gasteiger partial charge is 0.419 e. The molecule has 0 radical (unpaired) electrons. The normalized spacial score (nSPS) is 23.4. The summed E-state index contributed by atoms with van der Waals surface area (Å²) in [6, 6.07) is 8.90. The Morgan fingerprint density at radius 3 is 2.76 bits per heavy atom. The van der Waals surface area contributed by atoms with Crippen molar-refractivity contribution in [3.63, 3.8) is 0 Å². The van der Waals surface area contributed by atoms with Crippen LogP contribution in [0.3, 0.4) is 0 Å². The standard InChI is InChI=1S/C16H22N4O/c1-11-3-5-13(6-4-11)16-19-18-15(21-16)10-20-8-7-14(17)9-12(20)2/h3-6,12,14H,7-10,17H2,1-2H3. The van der Waals surface area contributed by atoms with Gasteiger partial charge in [0.2, 0.25) is 11.8 Å². The summed E-state index contributed by atoms with van der Waals surface area (Å²) in [6.07, 6.45) is 2.06. The van der Waals surface area contributed by atoms with Crippen molar-refractivity contribution in [3.05, 3.63) is 35.7 Å². The van der Waals surface area contributed by atoms with E-state index in [9.17, 15) is 0 Å². The first-order valence-corrected chi connectivity index (χ1v) is 7.51.